The molecular formula is C31H50ClN23O4. The van der Waals surface area contributed by atoms with E-state index in [2.05, 4.69) is 87.0 Å². The van der Waals surface area contributed by atoms with Crippen molar-refractivity contribution in [3.63, 3.8) is 0 Å². The van der Waals surface area contributed by atoms with Gasteiger partial charge in [0.2, 0.25) is 0 Å². The average molecular weight is 844 g/mol. The molecule has 0 unspecified atom stereocenters. The fourth-order valence-electron chi connectivity index (χ4n) is 2.95. The van der Waals surface area contributed by atoms with Gasteiger partial charge in [-0.1, -0.05) is 56.3 Å². The molecule has 7 heterocycles. The Hall–Kier alpha value is -7.37. The fraction of sp³-hybridized carbons (Fsp3) is 0.484. The zero-order chi connectivity index (χ0) is 44.8. The van der Waals surface area contributed by atoms with Gasteiger partial charge in [-0.3, -0.25) is 33.0 Å². The van der Waals surface area contributed by atoms with Crippen LogP contribution in [0, 0.1) is 20.4 Å². The highest BCUT2D eigenvalue weighted by Crippen LogP contribution is 2.07. The van der Waals surface area contributed by atoms with Gasteiger partial charge in [0, 0.05) is 84.7 Å². The van der Waals surface area contributed by atoms with Gasteiger partial charge >= 0.3 is 11.8 Å². The zero-order valence-electron chi connectivity index (χ0n) is 35.2. The number of rotatable bonds is 3. The number of hydrogen-bond acceptors (Lipinski definition) is 19. The van der Waals surface area contributed by atoms with Crippen molar-refractivity contribution in [1.29, 1.82) is 0 Å². The van der Waals surface area contributed by atoms with E-state index in [0.717, 1.165) is 11.4 Å². The third kappa shape index (κ3) is 29.6. The monoisotopic (exact) mass is 843 g/mol. The quantitative estimate of drug-likeness (QED) is 0.137. The lowest BCUT2D eigenvalue weighted by molar-refractivity contribution is -0.154. The van der Waals surface area contributed by atoms with Gasteiger partial charge in [0.1, 0.15) is 11.9 Å². The third-order valence-corrected chi connectivity index (χ3v) is 5.34. The van der Waals surface area contributed by atoms with Crippen molar-refractivity contribution >= 4 is 29.9 Å². The molecule has 59 heavy (non-hydrogen) atoms. The van der Waals surface area contributed by atoms with E-state index < -0.39 is 0 Å². The topological polar surface area (TPSA) is 285 Å². The van der Waals surface area contributed by atoms with E-state index >= 15 is 0 Å². The van der Waals surface area contributed by atoms with Crippen LogP contribution in [0.15, 0.2) is 49.7 Å². The largest absolute Gasteiger partial charge is 0.460 e. The molecule has 0 N–H and O–H groups in total. The molecule has 0 aliphatic carbocycles. The van der Waals surface area contributed by atoms with Gasteiger partial charge in [0.15, 0.2) is 5.15 Å². The van der Waals surface area contributed by atoms with Crippen LogP contribution in [0.4, 0.5) is 5.82 Å². The van der Waals surface area contributed by atoms with E-state index in [9.17, 15) is 9.59 Å². The minimum Gasteiger partial charge on any atom is -0.460 e. The summed E-state index contributed by atoms with van der Waals surface area (Å²) in [5, 5.41) is 53.6. The van der Waals surface area contributed by atoms with E-state index in [1.165, 1.54) is 26.6 Å². The number of aromatic nitrogens is 22. The molecule has 7 rings (SSSR count). The molecule has 27 nitrogen and oxygen atoms in total. The second kappa shape index (κ2) is 29.0. The number of carbonyl (C=O) groups is 2. The van der Waals surface area contributed by atoms with Crippen LogP contribution in [-0.2, 0) is 63.7 Å². The van der Waals surface area contributed by atoms with E-state index in [-0.39, 0.29) is 17.5 Å². The van der Waals surface area contributed by atoms with Crippen LogP contribution in [-0.4, -0.2) is 128 Å². The molecule has 0 aliphatic heterocycles. The first kappa shape index (κ1) is 51.6. The van der Waals surface area contributed by atoms with Crippen molar-refractivity contribution in [2.75, 3.05) is 0 Å². The van der Waals surface area contributed by atoms with Crippen LogP contribution in [0.1, 0.15) is 45.5 Å². The van der Waals surface area contributed by atoms with Crippen molar-refractivity contribution in [1.82, 2.24) is 110 Å². The molecular weight excluding hydrogens is 794 g/mol. The number of hydrogen-bond donors (Lipinski definition) is 0. The Labute approximate surface area is 345 Å². The summed E-state index contributed by atoms with van der Waals surface area (Å²) in [4.78, 5) is 23.3. The molecule has 0 fully saturated rings. The van der Waals surface area contributed by atoms with Crippen LogP contribution in [0.2, 0.25) is 5.15 Å². The molecule has 320 valence electrons. The van der Waals surface area contributed by atoms with Crippen LogP contribution in [0.25, 0.3) is 4.85 Å². The number of esters is 1. The molecule has 0 spiro atoms. The summed E-state index contributed by atoms with van der Waals surface area (Å²) in [6.45, 7) is 18.0. The number of aryl methyl sites for hydroxylation is 9. The molecule has 7 aromatic heterocycles. The first-order chi connectivity index (χ1) is 27.8. The zero-order valence-corrected chi connectivity index (χ0v) is 36.0. The Kier molecular flexibility index (Phi) is 25.3. The van der Waals surface area contributed by atoms with Crippen LogP contribution in [0.5, 0.6) is 5.88 Å². The highest BCUT2D eigenvalue weighted by Gasteiger charge is 2.13. The van der Waals surface area contributed by atoms with E-state index in [1.54, 1.807) is 78.6 Å². The first-order valence-electron chi connectivity index (χ1n) is 16.8. The second-order valence-corrected chi connectivity index (χ2v) is 12.5. The Morgan fingerprint density at radius 2 is 1.24 bits per heavy atom. The van der Waals surface area contributed by atoms with E-state index in [4.69, 9.17) is 22.9 Å². The molecule has 0 aromatic carbocycles. The van der Waals surface area contributed by atoms with Crippen molar-refractivity contribution in [3.8, 4) is 5.88 Å². The van der Waals surface area contributed by atoms with Gasteiger partial charge in [0.05, 0.1) is 36.2 Å². The summed E-state index contributed by atoms with van der Waals surface area (Å²) < 4.78 is 20.3. The maximum Gasteiger partial charge on any atom is 0.315 e. The summed E-state index contributed by atoms with van der Waals surface area (Å²) >= 11 is 5.37. The van der Waals surface area contributed by atoms with Crippen molar-refractivity contribution in [3.05, 3.63) is 77.7 Å². The van der Waals surface area contributed by atoms with E-state index in [1.807, 2.05) is 68.2 Å². The lowest BCUT2D eigenvalue weighted by Gasteiger charge is -2.18. The molecule has 0 radical (unpaired) electrons. The smallest absolute Gasteiger partial charge is 0.315 e. The highest BCUT2D eigenvalue weighted by molar-refractivity contribution is 6.29. The predicted molar refractivity (Wildman–Crippen MR) is 208 cm³/mol. The predicted octanol–water partition coefficient (Wildman–Crippen LogP) is 1.20. The number of halogens is 1. The third-order valence-electron chi connectivity index (χ3n) is 5.17. The van der Waals surface area contributed by atoms with Gasteiger partial charge < -0.3 is 14.3 Å². The Bertz CT molecular complexity index is 1960. The number of nitrogens with zero attached hydrogens (tertiary/aromatic N) is 23. The fourth-order valence-corrected chi connectivity index (χ4v) is 3.12. The normalized spacial score (nSPS) is 9.37. The molecule has 7 aromatic rings. The highest BCUT2D eigenvalue weighted by atomic mass is 35.5. The second-order valence-electron chi connectivity index (χ2n) is 12.1. The lowest BCUT2D eigenvalue weighted by Crippen LogP contribution is -2.23. The summed E-state index contributed by atoms with van der Waals surface area (Å²) in [5.41, 5.74) is 1.60. The Balaban J connectivity index is 0.000000654. The molecule has 0 saturated heterocycles. The summed E-state index contributed by atoms with van der Waals surface area (Å²) in [7, 11) is 12.5. The molecule has 0 aliphatic rings. The first-order valence-corrected chi connectivity index (χ1v) is 17.2. The number of ether oxygens (including phenoxy) is 2. The maximum absolute atomic E-state index is 10.6. The van der Waals surface area contributed by atoms with Crippen LogP contribution < -0.4 is 4.74 Å². The van der Waals surface area contributed by atoms with Gasteiger partial charge in [-0.2, -0.15) is 0 Å². The Morgan fingerprint density at radius 1 is 0.712 bits per heavy atom. The number of tetrazole rings is 1. The average Bonchev–Trinajstić information content (AvgIpc) is 4.03. The standard InChI is InChI=1S/C7H14O2.C4H4N4.C4H5N3O2.2C4H7N3.C3H4ClN3.C3H5N3.C2H4N4/c1-5-6(8)9-7(2,3)4;1-5-4-3-8(2)7-6-4;1-7-2-4(5-6-7)9-3-8;2*1-4-3-7(2)6-5-4;1-7-2-3(4)5-6-7;1-6-3-2-4-5-6;1-6-2-3-4-5-6/h5H2,1-4H3;3H,2H3;2-3H,1H3;2*3H,1-2H3;2H,1H3;2-3H,1H3;2H,1H3. The minimum absolute atomic E-state index is 0.137. The van der Waals surface area contributed by atoms with Crippen molar-refractivity contribution in [2.24, 2.45) is 49.3 Å². The molecule has 0 atom stereocenters. The van der Waals surface area contributed by atoms with Gasteiger partial charge in [0.25, 0.3) is 12.4 Å². The summed E-state index contributed by atoms with van der Waals surface area (Å²) in [6, 6.07) is 0. The van der Waals surface area contributed by atoms with Crippen LogP contribution in [0.3, 0.4) is 0 Å². The molecule has 0 amide bonds. The van der Waals surface area contributed by atoms with Gasteiger partial charge in [-0.15, -0.1) is 25.5 Å². The van der Waals surface area contributed by atoms with E-state index in [0.29, 0.717) is 23.9 Å². The van der Waals surface area contributed by atoms with Gasteiger partial charge in [-0.25, -0.2) is 9.36 Å². The lowest BCUT2D eigenvalue weighted by atomic mass is 10.2. The Morgan fingerprint density at radius 3 is 1.42 bits per heavy atom. The molecule has 0 saturated carbocycles. The number of carbonyl (C=O) groups excluding carboxylic acids is 2. The summed E-state index contributed by atoms with van der Waals surface area (Å²) in [6.07, 6.45) is 13.8. The minimum atomic E-state index is -0.326. The van der Waals surface area contributed by atoms with Crippen LogP contribution >= 0.6 is 11.6 Å². The van der Waals surface area contributed by atoms with Crippen molar-refractivity contribution in [2.45, 2.75) is 53.6 Å². The molecule has 0 bridgehead atoms. The maximum atomic E-state index is 10.6. The van der Waals surface area contributed by atoms with Crippen molar-refractivity contribution < 1.29 is 19.1 Å². The SMILES string of the molecule is CCC(=O)OC(C)(C)C.Cc1cn(C)nn1.Cc1cn(C)nn1.Cn1cc(Cl)nn1.Cn1cc(OC=O)nn1.Cn1ccnn1.Cn1cnnn1.[C-]#[N+]c1cn(C)nn1. The van der Waals surface area contributed by atoms with Gasteiger partial charge in [-0.05, 0) is 45.0 Å². The molecule has 28 heteroatoms. The summed E-state index contributed by atoms with van der Waals surface area (Å²) in [5.74, 6) is 0.419.